The number of rotatable bonds is 2. The summed E-state index contributed by atoms with van der Waals surface area (Å²) in [6.45, 7) is 0. The number of aromatic nitrogens is 2. The van der Waals surface area contributed by atoms with E-state index >= 15 is 0 Å². The summed E-state index contributed by atoms with van der Waals surface area (Å²) in [4.78, 5) is 28.7. The third-order valence-electron chi connectivity index (χ3n) is 4.20. The molecule has 2 aromatic carbocycles. The number of nitrogens with zero attached hydrogens (tertiary/aromatic N) is 2. The fraction of sp³-hybridized carbons (Fsp3) is 0.118. The Kier molecular flexibility index (Phi) is 3.26. The van der Waals surface area contributed by atoms with E-state index in [4.69, 9.17) is 0 Å². The van der Waals surface area contributed by atoms with Crippen LogP contribution in [0, 0.1) is 3.57 Å². The van der Waals surface area contributed by atoms with Crippen molar-refractivity contribution in [3.63, 3.8) is 0 Å². The van der Waals surface area contributed by atoms with Gasteiger partial charge in [0.25, 0.3) is 5.56 Å². The molecule has 1 atom stereocenters. The summed E-state index contributed by atoms with van der Waals surface area (Å²) in [6, 6.07) is 12.0. The third kappa shape index (κ3) is 2.01. The van der Waals surface area contributed by atoms with E-state index in [0.717, 1.165) is 3.57 Å². The minimum absolute atomic E-state index is 0.0469. The first-order valence-corrected chi connectivity index (χ1v) is 8.26. The Balaban J connectivity index is 2.16. The molecule has 3 aromatic rings. The molecule has 0 saturated heterocycles. The van der Waals surface area contributed by atoms with Crippen molar-refractivity contribution >= 4 is 39.5 Å². The van der Waals surface area contributed by atoms with Crippen LogP contribution in [0.2, 0.25) is 0 Å². The lowest BCUT2D eigenvalue weighted by atomic mass is 9.91. The van der Waals surface area contributed by atoms with Crippen molar-refractivity contribution in [1.82, 2.24) is 9.55 Å². The smallest absolute Gasteiger partial charge is 0.307 e. The van der Waals surface area contributed by atoms with Crippen LogP contribution in [-0.2, 0) is 10.4 Å². The van der Waals surface area contributed by atoms with Gasteiger partial charge in [-0.2, -0.15) is 0 Å². The summed E-state index contributed by atoms with van der Waals surface area (Å²) in [5.74, 6) is -1.12. The number of carbonyl (C=O) groups is 1. The maximum Gasteiger partial charge on any atom is 0.307 e. The van der Waals surface area contributed by atoms with Crippen LogP contribution in [0.3, 0.4) is 0 Å². The lowest BCUT2D eigenvalue weighted by Gasteiger charge is -2.21. The lowest BCUT2D eigenvalue weighted by Crippen LogP contribution is -2.32. The predicted molar refractivity (Wildman–Crippen MR) is 95.3 cm³/mol. The number of para-hydroxylation sites is 1. The highest BCUT2D eigenvalue weighted by atomic mass is 127. The lowest BCUT2D eigenvalue weighted by molar-refractivity contribution is -0.141. The van der Waals surface area contributed by atoms with Crippen molar-refractivity contribution in [1.29, 1.82) is 0 Å². The normalized spacial score (nSPS) is 18.4. The molecule has 0 radical (unpaired) electrons. The second-order valence-corrected chi connectivity index (χ2v) is 6.93. The van der Waals surface area contributed by atoms with Crippen LogP contribution in [-0.4, -0.2) is 25.7 Å². The van der Waals surface area contributed by atoms with E-state index in [1.807, 2.05) is 0 Å². The van der Waals surface area contributed by atoms with Gasteiger partial charge in [0.05, 0.1) is 23.0 Å². The molecule has 0 bridgehead atoms. The monoisotopic (exact) mass is 434 g/mol. The van der Waals surface area contributed by atoms with Crippen molar-refractivity contribution in [3.05, 3.63) is 67.8 Å². The molecule has 0 fully saturated rings. The van der Waals surface area contributed by atoms with Crippen LogP contribution in [0.1, 0.15) is 17.8 Å². The standard InChI is InChI=1S/C17H11IN2O4/c18-9-5-6-13-11(7-9)17(24,8-14(21)22)16-19-12-4-2-1-3-10(12)15(23)20(13)16/h1-7,24H,8H2,(H,21,22)/t17-/m0/s1. The number of hydrogen-bond donors (Lipinski definition) is 2. The van der Waals surface area contributed by atoms with Gasteiger partial charge in [-0.05, 0) is 52.9 Å². The van der Waals surface area contributed by atoms with E-state index < -0.39 is 18.0 Å². The highest BCUT2D eigenvalue weighted by molar-refractivity contribution is 14.1. The van der Waals surface area contributed by atoms with Crippen LogP contribution in [0.5, 0.6) is 0 Å². The summed E-state index contributed by atoms with van der Waals surface area (Å²) in [6.07, 6.45) is -0.565. The van der Waals surface area contributed by atoms with E-state index in [0.29, 0.717) is 22.2 Å². The van der Waals surface area contributed by atoms with Gasteiger partial charge in [-0.3, -0.25) is 14.2 Å². The van der Waals surface area contributed by atoms with Crippen LogP contribution < -0.4 is 5.56 Å². The summed E-state index contributed by atoms with van der Waals surface area (Å²) >= 11 is 2.08. The number of aliphatic carboxylic acids is 1. The average molecular weight is 434 g/mol. The van der Waals surface area contributed by atoms with Gasteiger partial charge in [0.2, 0.25) is 0 Å². The van der Waals surface area contributed by atoms with Crippen LogP contribution in [0.25, 0.3) is 16.6 Å². The van der Waals surface area contributed by atoms with Crippen LogP contribution in [0.4, 0.5) is 0 Å². The first-order valence-electron chi connectivity index (χ1n) is 7.18. The molecule has 1 aromatic heterocycles. The molecule has 7 heteroatoms. The van der Waals surface area contributed by atoms with Gasteiger partial charge >= 0.3 is 5.97 Å². The predicted octanol–water partition coefficient (Wildman–Crippen LogP) is 2.01. The topological polar surface area (TPSA) is 92.4 Å². The van der Waals surface area contributed by atoms with Gasteiger partial charge < -0.3 is 10.2 Å². The first kappa shape index (κ1) is 15.3. The minimum atomic E-state index is -1.84. The Morgan fingerprint density at radius 1 is 1.25 bits per heavy atom. The van der Waals surface area contributed by atoms with E-state index in [1.54, 1.807) is 42.5 Å². The number of carboxylic acids is 1. The molecule has 0 aliphatic carbocycles. The van der Waals surface area contributed by atoms with Crippen molar-refractivity contribution in [2.45, 2.75) is 12.0 Å². The SMILES string of the molecule is O=C(O)C[C@]1(O)c2cc(I)ccc2-n2c1nc1ccccc1c2=O. The van der Waals surface area contributed by atoms with E-state index in [-0.39, 0.29) is 11.4 Å². The molecule has 1 aliphatic rings. The first-order chi connectivity index (χ1) is 11.4. The highest BCUT2D eigenvalue weighted by Gasteiger charge is 2.46. The fourth-order valence-corrected chi connectivity index (χ4v) is 3.67. The molecule has 1 aliphatic heterocycles. The van der Waals surface area contributed by atoms with Crippen molar-refractivity contribution < 1.29 is 15.0 Å². The molecule has 6 nitrogen and oxygen atoms in total. The van der Waals surface area contributed by atoms with E-state index in [9.17, 15) is 19.8 Å². The third-order valence-corrected chi connectivity index (χ3v) is 4.87. The molecule has 2 N–H and O–H groups in total. The molecule has 0 saturated carbocycles. The molecular weight excluding hydrogens is 423 g/mol. The van der Waals surface area contributed by atoms with Gasteiger partial charge in [-0.25, -0.2) is 4.98 Å². The zero-order valence-corrected chi connectivity index (χ0v) is 14.4. The zero-order valence-electron chi connectivity index (χ0n) is 12.2. The summed E-state index contributed by atoms with van der Waals surface area (Å²) in [7, 11) is 0. The second kappa shape index (κ2) is 5.12. The van der Waals surface area contributed by atoms with Crippen LogP contribution in [0.15, 0.2) is 47.3 Å². The maximum atomic E-state index is 12.9. The largest absolute Gasteiger partial charge is 0.481 e. The molecule has 24 heavy (non-hydrogen) atoms. The number of halogens is 1. The van der Waals surface area contributed by atoms with Gasteiger partial charge in [0.15, 0.2) is 11.4 Å². The van der Waals surface area contributed by atoms with Gasteiger partial charge in [0.1, 0.15) is 0 Å². The zero-order chi connectivity index (χ0) is 17.1. The maximum absolute atomic E-state index is 12.9. The number of aliphatic hydroxyl groups is 1. The molecular formula is C17H11IN2O4. The molecule has 4 rings (SSSR count). The van der Waals surface area contributed by atoms with E-state index in [1.165, 1.54) is 4.57 Å². The Bertz CT molecular complexity index is 1080. The number of hydrogen-bond acceptors (Lipinski definition) is 4. The summed E-state index contributed by atoms with van der Waals surface area (Å²) < 4.78 is 2.15. The van der Waals surface area contributed by atoms with Crippen molar-refractivity contribution in [3.8, 4) is 5.69 Å². The summed E-state index contributed by atoms with van der Waals surface area (Å²) in [5.41, 5.74) is -0.875. The Morgan fingerprint density at radius 3 is 2.75 bits per heavy atom. The van der Waals surface area contributed by atoms with Crippen LogP contribution >= 0.6 is 22.6 Å². The number of fused-ring (bicyclic) bond motifs is 4. The van der Waals surface area contributed by atoms with E-state index in [2.05, 4.69) is 27.6 Å². The molecule has 0 unspecified atom stereocenters. The molecule has 0 spiro atoms. The Morgan fingerprint density at radius 2 is 2.00 bits per heavy atom. The minimum Gasteiger partial charge on any atom is -0.481 e. The average Bonchev–Trinajstić information content (AvgIpc) is 2.76. The van der Waals surface area contributed by atoms with Gasteiger partial charge in [0, 0.05) is 9.13 Å². The fourth-order valence-electron chi connectivity index (χ4n) is 3.18. The Labute approximate surface area is 149 Å². The van der Waals surface area contributed by atoms with Gasteiger partial charge in [-0.1, -0.05) is 12.1 Å². The highest BCUT2D eigenvalue weighted by Crippen LogP contribution is 2.42. The molecule has 0 amide bonds. The van der Waals surface area contributed by atoms with Crippen molar-refractivity contribution in [2.75, 3.05) is 0 Å². The summed E-state index contributed by atoms with van der Waals surface area (Å²) in [5, 5.41) is 20.9. The number of carboxylic acid groups (broad SMARTS) is 1. The second-order valence-electron chi connectivity index (χ2n) is 5.69. The quantitative estimate of drug-likeness (QED) is 0.603. The van der Waals surface area contributed by atoms with Gasteiger partial charge in [-0.15, -0.1) is 0 Å². The molecule has 120 valence electrons. The Hall–Kier alpha value is -2.26. The molecule has 2 heterocycles. The number of benzene rings is 2. The van der Waals surface area contributed by atoms with Crippen molar-refractivity contribution in [2.24, 2.45) is 0 Å².